The molecule has 0 heteroatoms. The number of hydrogen-bond acceptors (Lipinski definition) is 0. The van der Waals surface area contributed by atoms with Crippen molar-refractivity contribution in [2.45, 2.75) is 168 Å². The summed E-state index contributed by atoms with van der Waals surface area (Å²) in [5.41, 5.74) is 0. The largest absolute Gasteiger partial charge is 0.0628 e. The molecule has 0 bridgehead atoms. The van der Waals surface area contributed by atoms with Gasteiger partial charge in [-0.1, -0.05) is 96.9 Å². The maximum absolute atomic E-state index is 2.53. The molecule has 224 valence electrons. The zero-order valence-electron chi connectivity index (χ0n) is 28.7. The molecule has 0 aliphatic carbocycles. The van der Waals surface area contributed by atoms with Gasteiger partial charge in [0.2, 0.25) is 0 Å². The summed E-state index contributed by atoms with van der Waals surface area (Å²) < 4.78 is 0. The second-order valence-corrected chi connectivity index (χ2v) is 16.4. The average Bonchev–Trinajstić information content (AvgIpc) is 2.64. The Kier molecular flexibility index (Phi) is 20.0. The minimum Gasteiger partial charge on any atom is -0.0628 e. The number of hydrogen-bond donors (Lipinski definition) is 0. The van der Waals surface area contributed by atoms with Gasteiger partial charge in [-0.25, -0.2) is 0 Å². The highest BCUT2D eigenvalue weighted by Crippen LogP contribution is 2.32. The lowest BCUT2D eigenvalue weighted by Crippen LogP contribution is -2.15. The van der Waals surface area contributed by atoms with Gasteiger partial charge in [0.05, 0.1) is 0 Å². The Labute approximate surface area is 238 Å². The van der Waals surface area contributed by atoms with Crippen LogP contribution in [-0.4, -0.2) is 0 Å². The molecule has 0 saturated heterocycles. The molecule has 0 radical (unpaired) electrons. The molecule has 0 nitrogen and oxygen atoms in total. The molecule has 0 aliphatic heterocycles. The van der Waals surface area contributed by atoms with E-state index < -0.39 is 0 Å². The van der Waals surface area contributed by atoms with Crippen LogP contribution in [0.2, 0.25) is 0 Å². The first kappa shape index (κ1) is 37.0. The molecule has 0 aliphatic rings. The molecular weight excluding hydrogens is 444 g/mol. The van der Waals surface area contributed by atoms with Crippen LogP contribution in [-0.2, 0) is 0 Å². The van der Waals surface area contributed by atoms with E-state index in [1.807, 2.05) is 0 Å². The molecular formula is C37H76. The summed E-state index contributed by atoms with van der Waals surface area (Å²) in [4.78, 5) is 0. The van der Waals surface area contributed by atoms with Crippen molar-refractivity contribution < 1.29 is 0 Å². The zero-order valence-corrected chi connectivity index (χ0v) is 28.7. The molecule has 0 aromatic carbocycles. The van der Waals surface area contributed by atoms with E-state index in [0.717, 1.165) is 71.0 Å². The lowest BCUT2D eigenvalue weighted by molar-refractivity contribution is 0.246. The summed E-state index contributed by atoms with van der Waals surface area (Å²) in [6, 6.07) is 0. The van der Waals surface area contributed by atoms with Crippen LogP contribution >= 0.6 is 0 Å². The van der Waals surface area contributed by atoms with Crippen molar-refractivity contribution >= 4 is 0 Å². The Balaban J connectivity index is 4.24. The van der Waals surface area contributed by atoms with E-state index >= 15 is 0 Å². The molecule has 0 aromatic heterocycles. The predicted octanol–water partition coefficient (Wildman–Crippen LogP) is 13.0. The fraction of sp³-hybridized carbons (Fsp3) is 1.00. The van der Waals surface area contributed by atoms with Crippen LogP contribution in [0.15, 0.2) is 0 Å². The zero-order chi connectivity index (χ0) is 28.7. The van der Waals surface area contributed by atoms with Crippen LogP contribution in [0.3, 0.4) is 0 Å². The van der Waals surface area contributed by atoms with Crippen molar-refractivity contribution in [2.75, 3.05) is 0 Å². The van der Waals surface area contributed by atoms with Gasteiger partial charge >= 0.3 is 0 Å². The van der Waals surface area contributed by atoms with Gasteiger partial charge in [-0.2, -0.15) is 0 Å². The molecule has 0 spiro atoms. The van der Waals surface area contributed by atoms with Crippen molar-refractivity contribution in [1.82, 2.24) is 0 Å². The Morgan fingerprint density at radius 3 is 0.405 bits per heavy atom. The van der Waals surface area contributed by atoms with Gasteiger partial charge in [0.25, 0.3) is 0 Å². The first-order valence-corrected chi connectivity index (χ1v) is 17.1. The van der Waals surface area contributed by atoms with Crippen LogP contribution in [0.5, 0.6) is 0 Å². The monoisotopic (exact) mass is 521 g/mol. The summed E-state index contributed by atoms with van der Waals surface area (Å²) in [6.45, 7) is 34.5. The maximum Gasteiger partial charge on any atom is -0.0438 e. The van der Waals surface area contributed by atoms with Gasteiger partial charge in [-0.05, 0) is 142 Å². The fourth-order valence-electron chi connectivity index (χ4n) is 8.75. The predicted molar refractivity (Wildman–Crippen MR) is 172 cm³/mol. The van der Waals surface area contributed by atoms with Gasteiger partial charge in [-0.15, -0.1) is 0 Å². The Bertz CT molecular complexity index is 472. The standard InChI is InChI=1S/C37H76/c1-26(2)15-28(5)17-30(7)19-32(9)21-34(11)23-36(13)25-37(14)24-35(12)22-33(10)20-31(8)18-29(6)16-27(3)4/h26-37H,15-25H2,1-14H3. The Morgan fingerprint density at radius 1 is 0.189 bits per heavy atom. The lowest BCUT2D eigenvalue weighted by atomic mass is 9.79. The molecule has 0 amide bonds. The van der Waals surface area contributed by atoms with Crippen molar-refractivity contribution in [1.29, 1.82) is 0 Å². The fourth-order valence-corrected chi connectivity index (χ4v) is 8.75. The van der Waals surface area contributed by atoms with Crippen molar-refractivity contribution in [3.63, 3.8) is 0 Å². The smallest absolute Gasteiger partial charge is 0.0438 e. The Morgan fingerprint density at radius 2 is 0.297 bits per heavy atom. The topological polar surface area (TPSA) is 0 Å². The SMILES string of the molecule is CC(C)CC(C)CC(C)CC(C)CC(C)CC(C)CC(C)CC(C)CC(C)CC(C)CC(C)CC(C)C. The van der Waals surface area contributed by atoms with E-state index in [4.69, 9.17) is 0 Å². The maximum atomic E-state index is 2.53. The summed E-state index contributed by atoms with van der Waals surface area (Å²) >= 11 is 0. The minimum atomic E-state index is 0.840. The van der Waals surface area contributed by atoms with Crippen LogP contribution in [0.25, 0.3) is 0 Å². The van der Waals surface area contributed by atoms with Crippen LogP contribution in [0.4, 0.5) is 0 Å². The highest BCUT2D eigenvalue weighted by atomic mass is 14.3. The molecule has 0 saturated carbocycles. The summed E-state index contributed by atoms with van der Waals surface area (Å²) in [5, 5.41) is 0. The van der Waals surface area contributed by atoms with Crippen molar-refractivity contribution in [3.8, 4) is 0 Å². The third-order valence-corrected chi connectivity index (χ3v) is 8.99. The van der Waals surface area contributed by atoms with Gasteiger partial charge in [-0.3, -0.25) is 0 Å². The van der Waals surface area contributed by atoms with Crippen LogP contribution < -0.4 is 0 Å². The summed E-state index contributed by atoms with van der Waals surface area (Å²) in [6.07, 6.45) is 15.5. The average molecular weight is 521 g/mol. The van der Waals surface area contributed by atoms with E-state index in [1.54, 1.807) is 0 Å². The molecule has 10 atom stereocenters. The van der Waals surface area contributed by atoms with Gasteiger partial charge < -0.3 is 0 Å². The third kappa shape index (κ3) is 21.5. The molecule has 37 heavy (non-hydrogen) atoms. The first-order chi connectivity index (χ1) is 17.1. The lowest BCUT2D eigenvalue weighted by Gasteiger charge is -2.27. The van der Waals surface area contributed by atoms with E-state index in [9.17, 15) is 0 Å². The van der Waals surface area contributed by atoms with Crippen LogP contribution in [0, 0.1) is 71.0 Å². The molecule has 0 fully saturated rings. The molecule has 0 heterocycles. The summed E-state index contributed by atoms with van der Waals surface area (Å²) in [5.74, 6) is 10.4. The van der Waals surface area contributed by atoms with Gasteiger partial charge in [0.1, 0.15) is 0 Å². The van der Waals surface area contributed by atoms with E-state index in [1.165, 1.54) is 70.6 Å². The molecule has 0 rings (SSSR count). The van der Waals surface area contributed by atoms with E-state index in [2.05, 4.69) is 96.9 Å². The second-order valence-electron chi connectivity index (χ2n) is 16.4. The minimum absolute atomic E-state index is 0.840. The highest BCUT2D eigenvalue weighted by Gasteiger charge is 2.20. The molecule has 0 N–H and O–H groups in total. The number of rotatable bonds is 22. The highest BCUT2D eigenvalue weighted by molar-refractivity contribution is 4.72. The van der Waals surface area contributed by atoms with E-state index in [-0.39, 0.29) is 0 Å². The molecule has 10 unspecified atom stereocenters. The first-order valence-electron chi connectivity index (χ1n) is 17.1. The third-order valence-electron chi connectivity index (χ3n) is 8.99. The van der Waals surface area contributed by atoms with Crippen molar-refractivity contribution in [3.05, 3.63) is 0 Å². The second kappa shape index (κ2) is 20.0. The Hall–Kier alpha value is 0. The van der Waals surface area contributed by atoms with Crippen LogP contribution in [0.1, 0.15) is 168 Å². The van der Waals surface area contributed by atoms with Crippen molar-refractivity contribution in [2.24, 2.45) is 71.0 Å². The van der Waals surface area contributed by atoms with Gasteiger partial charge in [0.15, 0.2) is 0 Å². The quantitative estimate of drug-likeness (QED) is 0.133. The molecule has 0 aromatic rings. The van der Waals surface area contributed by atoms with E-state index in [0.29, 0.717) is 0 Å². The normalized spacial score (nSPS) is 20.8. The van der Waals surface area contributed by atoms with Gasteiger partial charge in [0, 0.05) is 0 Å². The summed E-state index contributed by atoms with van der Waals surface area (Å²) in [7, 11) is 0.